The first-order valence-electron chi connectivity index (χ1n) is 14.7. The number of carbonyl (C=O) groups excluding carboxylic acids is 1. The van der Waals surface area contributed by atoms with E-state index in [1.54, 1.807) is 11.3 Å². The first kappa shape index (κ1) is 28.0. The summed E-state index contributed by atoms with van der Waals surface area (Å²) in [6, 6.07) is 0.443. The van der Waals surface area contributed by atoms with Crippen LogP contribution in [0.1, 0.15) is 76.6 Å². The van der Waals surface area contributed by atoms with E-state index in [1.807, 2.05) is 40.0 Å². The van der Waals surface area contributed by atoms with Gasteiger partial charge in [-0.05, 0) is 71.8 Å². The number of nitrogens with zero attached hydrogens (tertiary/aromatic N) is 4. The number of rotatable bonds is 8. The molecule has 41 heavy (non-hydrogen) atoms. The zero-order valence-electron chi connectivity index (χ0n) is 24.1. The Morgan fingerprint density at radius 1 is 1.07 bits per heavy atom. The topological polar surface area (TPSA) is 157 Å². The molecule has 6 N–H and O–H groups in total. The lowest BCUT2D eigenvalue weighted by Crippen LogP contribution is -2.52. The minimum atomic E-state index is -1.13. The number of amides is 2. The van der Waals surface area contributed by atoms with Crippen molar-refractivity contribution in [1.82, 2.24) is 30.6 Å². The molecular weight excluding hydrogens is 540 g/mol. The summed E-state index contributed by atoms with van der Waals surface area (Å²) in [4.78, 5) is 31.8. The summed E-state index contributed by atoms with van der Waals surface area (Å²) in [5.41, 5.74) is 3.09. The van der Waals surface area contributed by atoms with Crippen LogP contribution < -0.4 is 21.3 Å². The third-order valence-corrected chi connectivity index (χ3v) is 9.22. The van der Waals surface area contributed by atoms with Crippen LogP contribution in [0.25, 0.3) is 20.8 Å². The Kier molecular flexibility index (Phi) is 7.50. The molecule has 0 radical (unpaired) electrons. The van der Waals surface area contributed by atoms with E-state index in [-0.39, 0.29) is 6.03 Å². The third kappa shape index (κ3) is 6.09. The summed E-state index contributed by atoms with van der Waals surface area (Å²) in [6.07, 6.45) is 5.90. The molecule has 220 valence electrons. The predicted molar refractivity (Wildman–Crippen MR) is 160 cm³/mol. The van der Waals surface area contributed by atoms with Crippen molar-refractivity contribution in [2.45, 2.75) is 102 Å². The van der Waals surface area contributed by atoms with Gasteiger partial charge in [-0.1, -0.05) is 6.42 Å². The monoisotopic (exact) mass is 580 g/mol. The maximum atomic E-state index is 12.5. The molecule has 11 nitrogen and oxygen atoms in total. The quantitative estimate of drug-likeness (QED) is 0.232. The number of aryl methyl sites for hydroxylation is 1. The number of thiazole rings is 1. The first-order valence-corrected chi connectivity index (χ1v) is 15.5. The van der Waals surface area contributed by atoms with Crippen LogP contribution in [0, 0.1) is 12.8 Å². The van der Waals surface area contributed by atoms with E-state index in [0.29, 0.717) is 30.0 Å². The molecule has 3 aliphatic carbocycles. The summed E-state index contributed by atoms with van der Waals surface area (Å²) < 4.78 is 1.07. The lowest BCUT2D eigenvalue weighted by atomic mass is 9.85. The van der Waals surface area contributed by atoms with Crippen molar-refractivity contribution in [2.24, 2.45) is 5.92 Å². The third-order valence-electron chi connectivity index (χ3n) is 8.19. The van der Waals surface area contributed by atoms with Crippen molar-refractivity contribution >= 4 is 39.4 Å². The molecule has 0 aliphatic heterocycles. The molecule has 3 aromatic rings. The van der Waals surface area contributed by atoms with Gasteiger partial charge in [0.15, 0.2) is 0 Å². The number of fused-ring (bicyclic) bond motifs is 1. The minimum absolute atomic E-state index is 0.322. The molecule has 2 amide bonds. The maximum Gasteiger partial charge on any atom is 0.315 e. The molecule has 3 saturated carbocycles. The van der Waals surface area contributed by atoms with Crippen molar-refractivity contribution in [3.8, 4) is 10.6 Å². The second-order valence-electron chi connectivity index (χ2n) is 12.8. The summed E-state index contributed by atoms with van der Waals surface area (Å²) in [7, 11) is 0. The highest BCUT2D eigenvalue weighted by Crippen LogP contribution is 2.44. The van der Waals surface area contributed by atoms with Gasteiger partial charge in [0.05, 0.1) is 33.7 Å². The number of anilines is 2. The number of aliphatic hydroxyl groups excluding tert-OH is 2. The van der Waals surface area contributed by atoms with Crippen LogP contribution in [0.2, 0.25) is 0 Å². The molecule has 12 heteroatoms. The van der Waals surface area contributed by atoms with E-state index >= 15 is 0 Å². The summed E-state index contributed by atoms with van der Waals surface area (Å²) in [5.74, 6) is 2.17. The average molecular weight is 581 g/mol. The number of hydrogen-bond acceptors (Lipinski definition) is 10. The van der Waals surface area contributed by atoms with Crippen LogP contribution in [-0.2, 0) is 0 Å². The van der Waals surface area contributed by atoms with Crippen LogP contribution in [0.15, 0.2) is 12.3 Å². The van der Waals surface area contributed by atoms with E-state index in [9.17, 15) is 15.0 Å². The second-order valence-corrected chi connectivity index (χ2v) is 13.8. The molecule has 4 atom stereocenters. The van der Waals surface area contributed by atoms with Gasteiger partial charge in [-0.2, -0.15) is 4.98 Å². The van der Waals surface area contributed by atoms with Gasteiger partial charge in [-0.25, -0.2) is 14.8 Å². The highest BCUT2D eigenvalue weighted by atomic mass is 32.1. The molecule has 0 bridgehead atoms. The number of urea groups is 1. The minimum Gasteiger partial charge on any atom is -0.388 e. The molecule has 0 saturated heterocycles. The van der Waals surface area contributed by atoms with Crippen LogP contribution in [0.4, 0.5) is 16.6 Å². The second kappa shape index (κ2) is 11.0. The molecule has 3 fully saturated rings. The van der Waals surface area contributed by atoms with Gasteiger partial charge in [0.25, 0.3) is 0 Å². The fourth-order valence-electron chi connectivity index (χ4n) is 5.62. The SMILES string of the molecule is Cc1nc(NCC2CCC2)nc(N[C@@H]2C[C@H](NC(=O)NC(C)(C)C)[C@@H](O)[C@H]2O)c1-c1nc2c(C3CC3)nccc2s1. The Balaban J connectivity index is 1.30. The van der Waals surface area contributed by atoms with Crippen molar-refractivity contribution in [3.05, 3.63) is 23.7 Å². The molecule has 3 aromatic heterocycles. The highest BCUT2D eigenvalue weighted by molar-refractivity contribution is 7.21. The molecule has 6 rings (SSSR count). The number of aromatic nitrogens is 4. The number of hydrogen-bond donors (Lipinski definition) is 6. The molecular formula is C29H40N8O3S. The van der Waals surface area contributed by atoms with Gasteiger partial charge in [-0.3, -0.25) is 4.98 Å². The standard InChI is InChI=1S/C29H40N8O3S/c1-14-20(26-35-22-19(41-26)10-11-30-21(22)16-8-9-16)25(36-27(32-14)31-13-15-6-5-7-15)33-17-12-18(24(39)23(17)38)34-28(40)37-29(2,3)4/h10-11,15-18,23-24,38-39H,5-9,12-13H2,1-4H3,(H2,34,37,40)(H2,31,32,33,36)/t17-,18+,23+,24-/m1/s1. The van der Waals surface area contributed by atoms with E-state index in [2.05, 4.69) is 26.3 Å². The van der Waals surface area contributed by atoms with Gasteiger partial charge in [0, 0.05) is 24.2 Å². The zero-order chi connectivity index (χ0) is 28.9. The summed E-state index contributed by atoms with van der Waals surface area (Å²) in [6.45, 7) is 8.42. The van der Waals surface area contributed by atoms with Crippen molar-refractivity contribution < 1.29 is 15.0 Å². The van der Waals surface area contributed by atoms with E-state index in [1.165, 1.54) is 19.3 Å². The summed E-state index contributed by atoms with van der Waals surface area (Å²) in [5, 5.41) is 35.1. The Morgan fingerprint density at radius 3 is 2.51 bits per heavy atom. The smallest absolute Gasteiger partial charge is 0.315 e. The van der Waals surface area contributed by atoms with Crippen LogP contribution in [-0.4, -0.2) is 72.6 Å². The van der Waals surface area contributed by atoms with Crippen LogP contribution in [0.5, 0.6) is 0 Å². The van der Waals surface area contributed by atoms with Gasteiger partial charge in [-0.15, -0.1) is 11.3 Å². The van der Waals surface area contributed by atoms with Gasteiger partial charge >= 0.3 is 6.03 Å². The summed E-state index contributed by atoms with van der Waals surface area (Å²) >= 11 is 1.58. The first-order chi connectivity index (χ1) is 19.6. The van der Waals surface area contributed by atoms with Gasteiger partial charge < -0.3 is 31.5 Å². The maximum absolute atomic E-state index is 12.5. The highest BCUT2D eigenvalue weighted by Gasteiger charge is 2.43. The zero-order valence-corrected chi connectivity index (χ0v) is 24.9. The van der Waals surface area contributed by atoms with Crippen LogP contribution >= 0.6 is 11.3 Å². The molecule has 3 aliphatic rings. The normalized spacial score (nSPS) is 24.7. The lowest BCUT2D eigenvalue weighted by molar-refractivity contribution is 0.0280. The van der Waals surface area contributed by atoms with E-state index in [0.717, 1.165) is 51.6 Å². The van der Waals surface area contributed by atoms with Crippen molar-refractivity contribution in [2.75, 3.05) is 17.2 Å². The number of pyridine rings is 1. The van der Waals surface area contributed by atoms with E-state index in [4.69, 9.17) is 15.0 Å². The van der Waals surface area contributed by atoms with Gasteiger partial charge in [0.1, 0.15) is 28.6 Å². The Hall–Kier alpha value is -3.09. The Labute approximate surface area is 244 Å². The largest absolute Gasteiger partial charge is 0.388 e. The van der Waals surface area contributed by atoms with Crippen LogP contribution in [0.3, 0.4) is 0 Å². The van der Waals surface area contributed by atoms with E-state index < -0.39 is 29.8 Å². The number of nitrogens with one attached hydrogen (secondary N) is 4. The fourth-order valence-corrected chi connectivity index (χ4v) is 6.69. The Morgan fingerprint density at radius 2 is 1.83 bits per heavy atom. The molecule has 0 spiro atoms. The molecule has 0 unspecified atom stereocenters. The fraction of sp³-hybridized carbons (Fsp3) is 0.621. The Bertz CT molecular complexity index is 1430. The average Bonchev–Trinajstić information content (AvgIpc) is 3.57. The number of aliphatic hydroxyl groups is 2. The van der Waals surface area contributed by atoms with Crippen molar-refractivity contribution in [1.29, 1.82) is 0 Å². The number of carbonyl (C=O) groups is 1. The lowest BCUT2D eigenvalue weighted by Gasteiger charge is -2.26. The van der Waals surface area contributed by atoms with Gasteiger partial charge in [0.2, 0.25) is 5.95 Å². The predicted octanol–water partition coefficient (Wildman–Crippen LogP) is 3.92. The van der Waals surface area contributed by atoms with Crippen molar-refractivity contribution in [3.63, 3.8) is 0 Å². The molecule has 0 aromatic carbocycles. The molecule has 3 heterocycles.